The summed E-state index contributed by atoms with van der Waals surface area (Å²) in [6, 6.07) is 6.81. The number of methoxy groups -OCH3 is 2. The highest BCUT2D eigenvalue weighted by Gasteiger charge is 2.39. The summed E-state index contributed by atoms with van der Waals surface area (Å²) in [5.41, 5.74) is 7.30. The minimum absolute atomic E-state index is 0.0260. The Morgan fingerprint density at radius 1 is 1.00 bits per heavy atom. The number of esters is 2. The van der Waals surface area contributed by atoms with Crippen molar-refractivity contribution in [3.8, 4) is 0 Å². The molecule has 1 aliphatic heterocycles. The molecule has 1 aliphatic rings. The fourth-order valence-electron chi connectivity index (χ4n) is 3.57. The number of hydrogen-bond acceptors (Lipinski definition) is 9. The summed E-state index contributed by atoms with van der Waals surface area (Å²) in [5.74, 6) is -2.44. The third-order valence-corrected chi connectivity index (χ3v) is 6.11. The highest BCUT2D eigenvalue weighted by molar-refractivity contribution is 7.07. The van der Waals surface area contributed by atoms with Crippen molar-refractivity contribution in [1.29, 1.82) is 0 Å². The van der Waals surface area contributed by atoms with Crippen molar-refractivity contribution in [3.05, 3.63) is 85.3 Å². The van der Waals surface area contributed by atoms with Crippen molar-refractivity contribution in [1.82, 2.24) is 14.5 Å². The molecule has 4 heterocycles. The van der Waals surface area contributed by atoms with Crippen molar-refractivity contribution in [2.75, 3.05) is 14.2 Å². The van der Waals surface area contributed by atoms with Gasteiger partial charge in [0.25, 0.3) is 5.56 Å². The Balaban J connectivity index is 2.14. The maximum absolute atomic E-state index is 13.3. The molecule has 9 nitrogen and oxygen atoms in total. The number of nitrogens with two attached hydrogens (primary N) is 1. The molecule has 0 radical (unpaired) electrons. The average Bonchev–Trinajstić information content (AvgIpc) is 3.15. The monoisotopic (exact) mass is 450 g/mol. The minimum atomic E-state index is -0.898. The number of nitrogens with zero attached hydrogens (tertiary/aromatic N) is 3. The molecule has 0 bridgehead atoms. The van der Waals surface area contributed by atoms with Crippen molar-refractivity contribution >= 4 is 40.7 Å². The first-order chi connectivity index (χ1) is 15.5. The van der Waals surface area contributed by atoms with Crippen molar-refractivity contribution in [2.24, 2.45) is 5.73 Å². The summed E-state index contributed by atoms with van der Waals surface area (Å²) in [4.78, 5) is 46.9. The van der Waals surface area contributed by atoms with Crippen LogP contribution in [0.1, 0.15) is 17.0 Å². The number of thiazole rings is 1. The minimum Gasteiger partial charge on any atom is -0.466 e. The number of hydrogen-bond donors (Lipinski definition) is 1. The fourth-order valence-corrected chi connectivity index (χ4v) is 4.73. The number of rotatable bonds is 4. The van der Waals surface area contributed by atoms with E-state index < -0.39 is 23.4 Å². The second kappa shape index (κ2) is 8.60. The van der Waals surface area contributed by atoms with Crippen LogP contribution in [0.5, 0.6) is 0 Å². The smallest absolute Gasteiger partial charge is 0.338 e. The summed E-state index contributed by atoms with van der Waals surface area (Å²) in [6.07, 6.45) is 7.95. The van der Waals surface area contributed by atoms with Gasteiger partial charge in [0.1, 0.15) is 10.5 Å². The lowest BCUT2D eigenvalue weighted by atomic mass is 9.83. The van der Waals surface area contributed by atoms with Crippen LogP contribution in [0.4, 0.5) is 0 Å². The Hall–Kier alpha value is -4.05. The topological polar surface area (TPSA) is 126 Å². The van der Waals surface area contributed by atoms with E-state index in [1.165, 1.54) is 26.6 Å². The lowest BCUT2D eigenvalue weighted by Gasteiger charge is -2.26. The average molecular weight is 450 g/mol. The van der Waals surface area contributed by atoms with Crippen LogP contribution < -0.4 is 20.5 Å². The van der Waals surface area contributed by atoms with Crippen LogP contribution in [0.25, 0.3) is 17.5 Å². The van der Waals surface area contributed by atoms with Crippen LogP contribution in [0.15, 0.2) is 59.4 Å². The number of pyridine rings is 2. The van der Waals surface area contributed by atoms with Crippen molar-refractivity contribution in [2.45, 2.75) is 5.92 Å². The van der Waals surface area contributed by atoms with Crippen LogP contribution in [-0.2, 0) is 19.1 Å². The van der Waals surface area contributed by atoms with Gasteiger partial charge >= 0.3 is 11.9 Å². The third-order valence-electron chi connectivity index (χ3n) is 5.00. The zero-order valence-electron chi connectivity index (χ0n) is 17.1. The van der Waals surface area contributed by atoms with E-state index in [1.54, 1.807) is 42.7 Å². The maximum atomic E-state index is 13.3. The lowest BCUT2D eigenvalue weighted by molar-refractivity contribution is -0.136. The van der Waals surface area contributed by atoms with Crippen LogP contribution in [0.2, 0.25) is 0 Å². The number of aromatic nitrogens is 3. The zero-order chi connectivity index (χ0) is 22.8. The summed E-state index contributed by atoms with van der Waals surface area (Å²) >= 11 is 1.09. The van der Waals surface area contributed by atoms with Gasteiger partial charge in [-0.15, -0.1) is 11.3 Å². The molecule has 0 saturated carbocycles. The van der Waals surface area contributed by atoms with Crippen LogP contribution in [0, 0.1) is 0 Å². The second-order valence-corrected chi connectivity index (χ2v) is 7.78. The van der Waals surface area contributed by atoms with Crippen molar-refractivity contribution in [3.63, 3.8) is 0 Å². The molecule has 0 unspecified atom stereocenters. The van der Waals surface area contributed by atoms with Crippen LogP contribution in [-0.4, -0.2) is 40.7 Å². The highest BCUT2D eigenvalue weighted by Crippen LogP contribution is 2.37. The summed E-state index contributed by atoms with van der Waals surface area (Å²) in [6.45, 7) is 0. The SMILES string of the molecule is COC(=O)C1=C(N)n2c(s/c(=C\c3ccncc3)c2=O)=C(C(=O)OC)[C@@H]1c1ccncc1. The Kier molecular flexibility index (Phi) is 5.69. The molecule has 0 amide bonds. The molecular weight excluding hydrogens is 432 g/mol. The molecule has 2 N–H and O–H groups in total. The molecule has 10 heteroatoms. The molecule has 0 aromatic carbocycles. The molecule has 0 fully saturated rings. The van der Waals surface area contributed by atoms with E-state index in [-0.39, 0.29) is 21.6 Å². The molecule has 3 aromatic heterocycles. The van der Waals surface area contributed by atoms with Gasteiger partial charge in [-0.05, 0) is 41.5 Å². The Morgan fingerprint density at radius 3 is 2.16 bits per heavy atom. The number of carbonyl (C=O) groups excluding carboxylic acids is 2. The van der Waals surface area contributed by atoms with E-state index in [2.05, 4.69) is 9.97 Å². The van der Waals surface area contributed by atoms with Crippen LogP contribution >= 0.6 is 11.3 Å². The highest BCUT2D eigenvalue weighted by atomic mass is 32.1. The molecule has 1 atom stereocenters. The molecule has 0 saturated heterocycles. The van der Waals surface area contributed by atoms with Gasteiger partial charge in [-0.2, -0.15) is 0 Å². The molecule has 32 heavy (non-hydrogen) atoms. The second-order valence-electron chi connectivity index (χ2n) is 6.75. The molecule has 4 rings (SSSR count). The summed E-state index contributed by atoms with van der Waals surface area (Å²) in [7, 11) is 2.44. The van der Waals surface area contributed by atoms with Gasteiger partial charge in [0.2, 0.25) is 0 Å². The van der Waals surface area contributed by atoms with Gasteiger partial charge in [-0.3, -0.25) is 19.3 Å². The fraction of sp³-hybridized carbons (Fsp3) is 0.136. The van der Waals surface area contributed by atoms with Crippen molar-refractivity contribution < 1.29 is 19.1 Å². The first-order valence-corrected chi connectivity index (χ1v) is 10.2. The first kappa shape index (κ1) is 21.2. The predicted molar refractivity (Wildman–Crippen MR) is 117 cm³/mol. The predicted octanol–water partition coefficient (Wildman–Crippen LogP) is -0.0500. The van der Waals surface area contributed by atoms with Gasteiger partial charge in [-0.25, -0.2) is 9.59 Å². The van der Waals surface area contributed by atoms with E-state index in [0.29, 0.717) is 10.1 Å². The normalized spacial score (nSPS) is 16.0. The third kappa shape index (κ3) is 3.50. The molecule has 162 valence electrons. The van der Waals surface area contributed by atoms with Gasteiger partial charge in [0, 0.05) is 24.8 Å². The summed E-state index contributed by atoms with van der Waals surface area (Å²) in [5, 5.41) is 0. The van der Waals surface area contributed by atoms with Crippen LogP contribution in [0.3, 0.4) is 0 Å². The number of ether oxygens (including phenoxy) is 2. The maximum Gasteiger partial charge on any atom is 0.338 e. The first-order valence-electron chi connectivity index (χ1n) is 9.42. The summed E-state index contributed by atoms with van der Waals surface area (Å²) < 4.78 is 11.8. The van der Waals surface area contributed by atoms with Gasteiger partial charge < -0.3 is 15.2 Å². The quantitative estimate of drug-likeness (QED) is 0.549. The van der Waals surface area contributed by atoms with Gasteiger partial charge in [0.15, 0.2) is 0 Å². The van der Waals surface area contributed by atoms with E-state index in [9.17, 15) is 14.4 Å². The molecule has 0 aliphatic carbocycles. The zero-order valence-corrected chi connectivity index (χ0v) is 18.0. The standard InChI is InChI=1S/C22H18N4O5S/c1-30-21(28)16-15(13-5-9-25-10-6-13)17(22(29)31-2)20-26(18(16)23)19(27)14(32-20)11-12-3-7-24-8-4-12/h3-11,15H,23H2,1-2H3/b14-11-/t15-/m1/s1. The molecule has 0 spiro atoms. The Bertz CT molecular complexity index is 1410. The van der Waals surface area contributed by atoms with Gasteiger partial charge in [0.05, 0.1) is 35.8 Å². The number of fused-ring (bicyclic) bond motifs is 1. The Labute approximate surface area is 185 Å². The lowest BCUT2D eigenvalue weighted by Crippen LogP contribution is -2.41. The molecular formula is C22H18N4O5S. The van der Waals surface area contributed by atoms with Gasteiger partial charge in [-0.1, -0.05) is 0 Å². The molecule has 3 aromatic rings. The van der Waals surface area contributed by atoms with E-state index >= 15 is 0 Å². The van der Waals surface area contributed by atoms with E-state index in [1.807, 2.05) is 0 Å². The number of carbonyl (C=O) groups is 2. The Morgan fingerprint density at radius 2 is 1.56 bits per heavy atom. The van der Waals surface area contributed by atoms with E-state index in [0.717, 1.165) is 21.5 Å². The van der Waals surface area contributed by atoms with E-state index in [4.69, 9.17) is 15.2 Å². The largest absolute Gasteiger partial charge is 0.466 e.